The Morgan fingerprint density at radius 2 is 2.25 bits per heavy atom. The average Bonchev–Trinajstić information content (AvgIpc) is 2.46. The molecule has 1 N–H and O–H groups in total. The average molecular weight is 310 g/mol. The number of ether oxygens (including phenoxy) is 1. The van der Waals surface area contributed by atoms with E-state index >= 15 is 0 Å². The molecule has 6 heteroatoms. The van der Waals surface area contributed by atoms with Gasteiger partial charge in [-0.25, -0.2) is 0 Å². The van der Waals surface area contributed by atoms with E-state index in [-0.39, 0.29) is 6.04 Å². The van der Waals surface area contributed by atoms with Crippen molar-refractivity contribution >= 4 is 23.2 Å². The van der Waals surface area contributed by atoms with Crippen molar-refractivity contribution in [3.63, 3.8) is 0 Å². The molecule has 1 aliphatic rings. The molecule has 2 heterocycles. The van der Waals surface area contributed by atoms with E-state index in [4.69, 9.17) is 27.9 Å². The molecule has 0 spiro atoms. The highest BCUT2D eigenvalue weighted by Gasteiger charge is 2.24. The Labute approximate surface area is 127 Å². The summed E-state index contributed by atoms with van der Waals surface area (Å²) in [5.41, 5.74) is 1.89. The first-order valence-electron chi connectivity index (χ1n) is 6.36. The van der Waals surface area contributed by atoms with Crippen molar-refractivity contribution in [1.29, 1.82) is 0 Å². The van der Waals surface area contributed by atoms with Gasteiger partial charge in [-0.2, -0.15) is 10.2 Å². The number of fused-ring (bicyclic) bond motifs is 1. The topological polar surface area (TPSA) is 47.0 Å². The van der Waals surface area contributed by atoms with E-state index in [0.717, 1.165) is 23.4 Å². The van der Waals surface area contributed by atoms with Crippen LogP contribution in [0.1, 0.15) is 23.7 Å². The summed E-state index contributed by atoms with van der Waals surface area (Å²) < 4.78 is 5.63. The molecule has 1 atom stereocenters. The van der Waals surface area contributed by atoms with Gasteiger partial charge < -0.3 is 10.1 Å². The van der Waals surface area contributed by atoms with Gasteiger partial charge in [0.05, 0.1) is 17.3 Å². The van der Waals surface area contributed by atoms with Crippen LogP contribution >= 0.6 is 23.2 Å². The summed E-state index contributed by atoms with van der Waals surface area (Å²) in [6.07, 6.45) is 2.52. The normalized spacial score (nSPS) is 17.4. The van der Waals surface area contributed by atoms with Crippen molar-refractivity contribution in [2.24, 2.45) is 0 Å². The molecule has 0 aliphatic carbocycles. The Morgan fingerprint density at radius 1 is 1.35 bits per heavy atom. The Hall–Kier alpha value is -1.36. The SMILES string of the molecule is Clc1cc(Cl)c2c(c1)C(NCc1cccnn1)CCO2. The van der Waals surface area contributed by atoms with Gasteiger partial charge in [-0.1, -0.05) is 23.2 Å². The molecule has 20 heavy (non-hydrogen) atoms. The second-order valence-corrected chi connectivity index (χ2v) is 5.44. The molecule has 0 bridgehead atoms. The van der Waals surface area contributed by atoms with Crippen molar-refractivity contribution in [2.45, 2.75) is 19.0 Å². The predicted octanol–water partition coefficient (Wildman–Crippen LogP) is 3.40. The summed E-state index contributed by atoms with van der Waals surface area (Å²) in [6.45, 7) is 1.27. The van der Waals surface area contributed by atoms with Crippen LogP contribution in [0.15, 0.2) is 30.5 Å². The van der Waals surface area contributed by atoms with Gasteiger partial charge in [-0.05, 0) is 24.3 Å². The standard InChI is InChI=1S/C14H13Cl2N3O/c15-9-6-11-13(3-5-20-14(11)12(16)7-9)17-8-10-2-1-4-18-19-10/h1-2,4,6-7,13,17H,3,5,8H2. The van der Waals surface area contributed by atoms with Gasteiger partial charge in [0.2, 0.25) is 0 Å². The first kappa shape index (κ1) is 13.6. The predicted molar refractivity (Wildman–Crippen MR) is 78.2 cm³/mol. The maximum absolute atomic E-state index is 6.17. The molecule has 0 saturated carbocycles. The van der Waals surface area contributed by atoms with E-state index in [2.05, 4.69) is 15.5 Å². The van der Waals surface area contributed by atoms with Gasteiger partial charge in [-0.15, -0.1) is 0 Å². The van der Waals surface area contributed by atoms with Crippen LogP contribution in [0, 0.1) is 0 Å². The van der Waals surface area contributed by atoms with Crippen LogP contribution in [0.3, 0.4) is 0 Å². The Kier molecular flexibility index (Phi) is 4.05. The van der Waals surface area contributed by atoms with Crippen molar-refractivity contribution < 1.29 is 4.74 Å². The zero-order valence-corrected chi connectivity index (χ0v) is 12.2. The summed E-state index contributed by atoms with van der Waals surface area (Å²) in [5.74, 6) is 0.721. The second kappa shape index (κ2) is 5.95. The lowest BCUT2D eigenvalue weighted by Gasteiger charge is -2.27. The zero-order chi connectivity index (χ0) is 13.9. The largest absolute Gasteiger partial charge is 0.492 e. The van der Waals surface area contributed by atoms with Crippen LogP contribution in [0.25, 0.3) is 0 Å². The van der Waals surface area contributed by atoms with Gasteiger partial charge in [-0.3, -0.25) is 0 Å². The zero-order valence-electron chi connectivity index (χ0n) is 10.6. The summed E-state index contributed by atoms with van der Waals surface area (Å²) in [7, 11) is 0. The number of hydrogen-bond donors (Lipinski definition) is 1. The quantitative estimate of drug-likeness (QED) is 0.944. The molecule has 1 unspecified atom stereocenters. The lowest BCUT2D eigenvalue weighted by molar-refractivity contribution is 0.252. The van der Waals surface area contributed by atoms with Gasteiger partial charge in [0.25, 0.3) is 0 Å². The van der Waals surface area contributed by atoms with Crippen LogP contribution in [0.4, 0.5) is 0 Å². The third-order valence-corrected chi connectivity index (χ3v) is 3.72. The van der Waals surface area contributed by atoms with Gasteiger partial charge >= 0.3 is 0 Å². The monoisotopic (exact) mass is 309 g/mol. The molecule has 104 valence electrons. The first-order chi connectivity index (χ1) is 9.74. The van der Waals surface area contributed by atoms with Crippen molar-refractivity contribution in [3.05, 3.63) is 51.8 Å². The maximum Gasteiger partial charge on any atom is 0.142 e. The van der Waals surface area contributed by atoms with Crippen LogP contribution in [-0.4, -0.2) is 16.8 Å². The highest BCUT2D eigenvalue weighted by Crippen LogP contribution is 2.39. The van der Waals surface area contributed by atoms with Crippen molar-refractivity contribution in [3.8, 4) is 5.75 Å². The molecule has 2 aromatic rings. The minimum Gasteiger partial charge on any atom is -0.492 e. The maximum atomic E-state index is 6.17. The van der Waals surface area contributed by atoms with Crippen molar-refractivity contribution in [2.75, 3.05) is 6.61 Å². The first-order valence-corrected chi connectivity index (χ1v) is 7.11. The third-order valence-electron chi connectivity index (χ3n) is 3.22. The number of nitrogens with one attached hydrogen (secondary N) is 1. The molecular weight excluding hydrogens is 297 g/mol. The fourth-order valence-electron chi connectivity index (χ4n) is 2.29. The van der Waals surface area contributed by atoms with Gasteiger partial charge in [0, 0.05) is 35.8 Å². The summed E-state index contributed by atoms with van der Waals surface area (Å²) in [5, 5.41) is 12.5. The Balaban J connectivity index is 1.80. The Morgan fingerprint density at radius 3 is 3.05 bits per heavy atom. The van der Waals surface area contributed by atoms with E-state index in [1.807, 2.05) is 18.2 Å². The number of halogens is 2. The molecule has 0 saturated heterocycles. The minimum atomic E-state index is 0.150. The fraction of sp³-hybridized carbons (Fsp3) is 0.286. The highest BCUT2D eigenvalue weighted by atomic mass is 35.5. The van der Waals surface area contributed by atoms with Gasteiger partial charge in [0.1, 0.15) is 5.75 Å². The number of aromatic nitrogens is 2. The minimum absolute atomic E-state index is 0.150. The second-order valence-electron chi connectivity index (χ2n) is 4.59. The third kappa shape index (κ3) is 2.87. The summed E-state index contributed by atoms with van der Waals surface area (Å²) >= 11 is 12.2. The number of hydrogen-bond acceptors (Lipinski definition) is 4. The lowest BCUT2D eigenvalue weighted by Crippen LogP contribution is -2.27. The molecule has 4 nitrogen and oxygen atoms in total. The molecular formula is C14H13Cl2N3O. The lowest BCUT2D eigenvalue weighted by atomic mass is 10.0. The summed E-state index contributed by atoms with van der Waals surface area (Å²) in [6, 6.07) is 7.56. The fourth-order valence-corrected chi connectivity index (χ4v) is 2.86. The molecule has 1 aromatic carbocycles. The van der Waals surface area contributed by atoms with E-state index < -0.39 is 0 Å². The van der Waals surface area contributed by atoms with Crippen LogP contribution in [-0.2, 0) is 6.54 Å². The smallest absolute Gasteiger partial charge is 0.142 e. The van der Waals surface area contributed by atoms with E-state index in [0.29, 0.717) is 23.2 Å². The molecule has 0 radical (unpaired) electrons. The molecule has 1 aromatic heterocycles. The molecule has 0 amide bonds. The van der Waals surface area contributed by atoms with E-state index in [1.54, 1.807) is 12.3 Å². The van der Waals surface area contributed by atoms with Crippen LogP contribution in [0.2, 0.25) is 10.0 Å². The summed E-state index contributed by atoms with van der Waals surface area (Å²) in [4.78, 5) is 0. The van der Waals surface area contributed by atoms with Crippen LogP contribution in [0.5, 0.6) is 5.75 Å². The van der Waals surface area contributed by atoms with Crippen LogP contribution < -0.4 is 10.1 Å². The van der Waals surface area contributed by atoms with Crippen molar-refractivity contribution in [1.82, 2.24) is 15.5 Å². The van der Waals surface area contributed by atoms with Gasteiger partial charge in [0.15, 0.2) is 0 Å². The highest BCUT2D eigenvalue weighted by molar-refractivity contribution is 6.35. The Bertz CT molecular complexity index is 607. The molecule has 3 rings (SSSR count). The van der Waals surface area contributed by atoms with E-state index in [9.17, 15) is 0 Å². The number of benzene rings is 1. The molecule has 0 fully saturated rings. The molecule has 1 aliphatic heterocycles. The number of rotatable bonds is 3. The van der Waals surface area contributed by atoms with E-state index in [1.165, 1.54) is 0 Å². The number of nitrogens with zero attached hydrogens (tertiary/aromatic N) is 2.